The zero-order valence-electron chi connectivity index (χ0n) is 19.7. The van der Waals surface area contributed by atoms with E-state index in [1.165, 1.54) is 0 Å². The van der Waals surface area contributed by atoms with Crippen LogP contribution in [0.1, 0.15) is 41.5 Å². The van der Waals surface area contributed by atoms with Crippen molar-refractivity contribution in [3.05, 3.63) is 72.0 Å². The van der Waals surface area contributed by atoms with Crippen LogP contribution in [-0.2, 0) is 23.4 Å². The van der Waals surface area contributed by atoms with Crippen molar-refractivity contribution >= 4 is 24.7 Å². The highest BCUT2D eigenvalue weighted by molar-refractivity contribution is 6.99. The van der Waals surface area contributed by atoms with Crippen molar-refractivity contribution in [3.8, 4) is 0 Å². The number of carbonyl (C=O) groups is 1. The first-order valence-corrected chi connectivity index (χ1v) is 13.0. The van der Waals surface area contributed by atoms with Gasteiger partial charge in [0.25, 0.3) is 0 Å². The number of cyclic esters (lactones) is 1. The highest BCUT2D eigenvalue weighted by Crippen LogP contribution is 2.41. The molecule has 5 nitrogen and oxygen atoms in total. The van der Waals surface area contributed by atoms with Crippen molar-refractivity contribution in [2.24, 2.45) is 0 Å². The molecule has 1 saturated heterocycles. The molecule has 0 spiro atoms. The van der Waals surface area contributed by atoms with E-state index in [9.17, 15) is 4.79 Å². The van der Waals surface area contributed by atoms with Crippen LogP contribution in [0.5, 0.6) is 0 Å². The van der Waals surface area contributed by atoms with Crippen LogP contribution in [0, 0.1) is 0 Å². The molecule has 0 bridgehead atoms. The van der Waals surface area contributed by atoms with Gasteiger partial charge in [0, 0.05) is 5.57 Å². The summed E-state index contributed by atoms with van der Waals surface area (Å²) in [5.41, 5.74) is 0.759. The highest BCUT2D eigenvalue weighted by atomic mass is 28.4. The highest BCUT2D eigenvalue weighted by Gasteiger charge is 2.55. The van der Waals surface area contributed by atoms with Crippen LogP contribution in [0.15, 0.2) is 72.0 Å². The van der Waals surface area contributed by atoms with E-state index in [1.807, 2.05) is 57.2 Å². The maximum Gasteiger partial charge on any atom is 0.373 e. The average molecular weight is 453 g/mol. The first kappa shape index (κ1) is 22.8. The van der Waals surface area contributed by atoms with Crippen LogP contribution >= 0.6 is 0 Å². The molecule has 32 heavy (non-hydrogen) atoms. The fourth-order valence-corrected chi connectivity index (χ4v) is 9.17. The Morgan fingerprint density at radius 1 is 0.969 bits per heavy atom. The van der Waals surface area contributed by atoms with Crippen molar-refractivity contribution < 1.29 is 23.4 Å². The van der Waals surface area contributed by atoms with Gasteiger partial charge in [0.1, 0.15) is 6.10 Å². The lowest BCUT2D eigenvalue weighted by atomic mass is 10.1. The van der Waals surface area contributed by atoms with E-state index in [2.05, 4.69) is 45.0 Å². The zero-order chi connectivity index (χ0) is 23.1. The summed E-state index contributed by atoms with van der Waals surface area (Å²) in [6.07, 6.45) is -0.869. The Balaban J connectivity index is 1.82. The quantitative estimate of drug-likeness (QED) is 0.509. The molecule has 1 fully saturated rings. The summed E-state index contributed by atoms with van der Waals surface area (Å²) in [5.74, 6) is -0.828. The van der Waals surface area contributed by atoms with Crippen LogP contribution in [0.25, 0.3) is 0 Å². The van der Waals surface area contributed by atoms with Crippen molar-refractivity contribution in [2.45, 2.75) is 64.6 Å². The number of rotatable bonds is 5. The van der Waals surface area contributed by atoms with Gasteiger partial charge in [-0.15, -0.1) is 0 Å². The lowest BCUT2D eigenvalue weighted by molar-refractivity contribution is -0.161. The van der Waals surface area contributed by atoms with E-state index in [4.69, 9.17) is 18.6 Å². The Hall–Kier alpha value is -2.41. The molecule has 0 radical (unpaired) electrons. The van der Waals surface area contributed by atoms with Gasteiger partial charge >= 0.3 is 14.3 Å². The second-order valence-electron chi connectivity index (χ2n) is 9.97. The van der Waals surface area contributed by atoms with Gasteiger partial charge in [-0.2, -0.15) is 0 Å². The van der Waals surface area contributed by atoms with E-state index in [0.717, 1.165) is 15.9 Å². The summed E-state index contributed by atoms with van der Waals surface area (Å²) < 4.78 is 24.4. The molecule has 6 heteroatoms. The van der Waals surface area contributed by atoms with Crippen molar-refractivity contribution in [1.29, 1.82) is 0 Å². The Bertz CT molecular complexity index is 968. The number of hydrogen-bond acceptors (Lipinski definition) is 5. The second-order valence-corrected chi connectivity index (χ2v) is 14.2. The molecule has 2 aromatic rings. The molecule has 2 aromatic carbocycles. The molecular formula is C26H32O5Si. The third-order valence-electron chi connectivity index (χ3n) is 6.24. The minimum Gasteiger partial charge on any atom is -0.529 e. The lowest BCUT2D eigenvalue weighted by Gasteiger charge is -2.42. The molecule has 2 aliphatic rings. The Morgan fingerprint density at radius 3 is 1.94 bits per heavy atom. The predicted molar refractivity (Wildman–Crippen MR) is 126 cm³/mol. The molecule has 0 saturated carbocycles. The summed E-state index contributed by atoms with van der Waals surface area (Å²) in [5, 5.41) is 1.96. The molecule has 2 atom stereocenters. The van der Waals surface area contributed by atoms with Gasteiger partial charge in [0.15, 0.2) is 17.7 Å². The zero-order valence-corrected chi connectivity index (χ0v) is 20.7. The lowest BCUT2D eigenvalue weighted by Crippen LogP contribution is -2.66. The van der Waals surface area contributed by atoms with Gasteiger partial charge in [0.2, 0.25) is 0 Å². The molecule has 2 aliphatic heterocycles. The number of ether oxygens (including phenoxy) is 3. The van der Waals surface area contributed by atoms with E-state index >= 15 is 0 Å². The summed E-state index contributed by atoms with van der Waals surface area (Å²) in [6, 6.07) is 20.5. The first-order valence-electron chi connectivity index (χ1n) is 11.1. The molecule has 0 unspecified atom stereocenters. The van der Waals surface area contributed by atoms with Gasteiger partial charge in [-0.3, -0.25) is 0 Å². The molecule has 0 N–H and O–H groups in total. The summed E-state index contributed by atoms with van der Waals surface area (Å²) in [4.78, 5) is 13.1. The minimum atomic E-state index is -2.93. The average Bonchev–Trinajstić information content (AvgIpc) is 3.25. The van der Waals surface area contributed by atoms with Crippen LogP contribution in [0.3, 0.4) is 0 Å². The Morgan fingerprint density at radius 2 is 1.50 bits per heavy atom. The Labute approximate surface area is 191 Å². The maximum absolute atomic E-state index is 13.1. The topological polar surface area (TPSA) is 54.0 Å². The van der Waals surface area contributed by atoms with Gasteiger partial charge in [0.05, 0.1) is 6.61 Å². The van der Waals surface area contributed by atoms with Gasteiger partial charge in [-0.25, -0.2) is 4.79 Å². The van der Waals surface area contributed by atoms with Crippen LogP contribution in [0.2, 0.25) is 5.04 Å². The normalized spacial score (nSPS) is 23.4. The van der Waals surface area contributed by atoms with Gasteiger partial charge in [-0.1, -0.05) is 81.4 Å². The summed E-state index contributed by atoms with van der Waals surface area (Å²) >= 11 is 0. The summed E-state index contributed by atoms with van der Waals surface area (Å²) in [6.45, 7) is 12.5. The smallest absolute Gasteiger partial charge is 0.373 e. The van der Waals surface area contributed by atoms with Crippen LogP contribution in [-0.4, -0.2) is 38.9 Å². The fraction of sp³-hybridized carbons (Fsp3) is 0.423. The molecule has 4 rings (SSSR count). The predicted octanol–water partition coefficient (Wildman–Crippen LogP) is 3.91. The third kappa shape index (κ3) is 3.91. The van der Waals surface area contributed by atoms with Gasteiger partial charge < -0.3 is 18.6 Å². The van der Waals surface area contributed by atoms with E-state index in [1.54, 1.807) is 0 Å². The summed E-state index contributed by atoms with van der Waals surface area (Å²) in [7, 11) is -2.93. The van der Waals surface area contributed by atoms with Gasteiger partial charge in [-0.05, 0) is 36.2 Å². The minimum absolute atomic E-state index is 0.254. The number of carbonyl (C=O) groups excluding carboxylic acids is 1. The van der Waals surface area contributed by atoms with Crippen LogP contribution in [0.4, 0.5) is 0 Å². The SMILES string of the molecule is CC1=C(O[Si](c2ccccc2)(c2ccccc2)C(C)(C)C)C(=O)O[C@@H]1[C@@H]1COC(C)(C)O1. The van der Waals surface area contributed by atoms with Crippen molar-refractivity contribution in [1.82, 2.24) is 0 Å². The number of benzene rings is 2. The number of hydrogen-bond donors (Lipinski definition) is 0. The van der Waals surface area contributed by atoms with Crippen molar-refractivity contribution in [3.63, 3.8) is 0 Å². The molecule has 170 valence electrons. The second kappa shape index (κ2) is 8.18. The molecule has 2 heterocycles. The largest absolute Gasteiger partial charge is 0.529 e. The first-order chi connectivity index (χ1) is 15.1. The molecular weight excluding hydrogens is 420 g/mol. The fourth-order valence-electron chi connectivity index (χ4n) is 4.69. The van der Waals surface area contributed by atoms with Crippen molar-refractivity contribution in [2.75, 3.05) is 6.61 Å². The third-order valence-corrected chi connectivity index (χ3v) is 11.2. The molecule has 0 aromatic heterocycles. The standard InChI is InChI=1S/C26H32O5Si/c1-18-22(21-17-28-26(5,6)30-21)29-24(27)23(18)31-32(25(2,3)4,19-13-9-7-10-14-19)20-15-11-8-12-16-20/h7-16,21-22H,17H2,1-6H3/t21-,22-/m0/s1. The number of esters is 1. The Kier molecular flexibility index (Phi) is 5.82. The maximum atomic E-state index is 13.1. The van der Waals surface area contributed by atoms with E-state index in [0.29, 0.717) is 12.4 Å². The van der Waals surface area contributed by atoms with E-state index < -0.39 is 26.2 Å². The van der Waals surface area contributed by atoms with Crippen LogP contribution < -0.4 is 10.4 Å². The van der Waals surface area contributed by atoms with E-state index in [-0.39, 0.29) is 11.1 Å². The molecule has 0 amide bonds. The monoisotopic (exact) mass is 452 g/mol. The molecule has 0 aliphatic carbocycles.